The van der Waals surface area contributed by atoms with E-state index in [0.29, 0.717) is 5.82 Å². The molecule has 0 unspecified atom stereocenters. The average molecular weight is 312 g/mol. The van der Waals surface area contributed by atoms with E-state index in [1.807, 2.05) is 25.3 Å². The lowest BCUT2D eigenvalue weighted by Gasteiger charge is -2.27. The Balaban J connectivity index is 1.52. The summed E-state index contributed by atoms with van der Waals surface area (Å²) in [6.07, 6.45) is 4.52. The fourth-order valence-electron chi connectivity index (χ4n) is 2.74. The van der Waals surface area contributed by atoms with E-state index in [9.17, 15) is 0 Å². The summed E-state index contributed by atoms with van der Waals surface area (Å²) in [6, 6.07) is 3.75. The van der Waals surface area contributed by atoms with Crippen LogP contribution < -0.4 is 0 Å². The molecule has 6 heteroatoms. The standard InChI is InChI=1S/C16H16N4OS/c1-11-18-13(10-22-11)9-20-5-4-14-12(8-20)7-17-16(19-14)15-3-2-6-21-15/h2-3,6-7,10H,4-5,8-9H2,1H3. The number of hydrogen-bond donors (Lipinski definition) is 0. The zero-order chi connectivity index (χ0) is 14.9. The second-order valence-electron chi connectivity index (χ2n) is 5.46. The predicted octanol–water partition coefficient (Wildman–Crippen LogP) is 3.06. The average Bonchev–Trinajstić information content (AvgIpc) is 3.19. The van der Waals surface area contributed by atoms with Gasteiger partial charge in [0.15, 0.2) is 11.6 Å². The lowest BCUT2D eigenvalue weighted by atomic mass is 10.1. The summed E-state index contributed by atoms with van der Waals surface area (Å²) in [6.45, 7) is 4.82. The molecule has 3 aromatic heterocycles. The van der Waals surface area contributed by atoms with E-state index in [2.05, 4.69) is 25.2 Å². The Morgan fingerprint density at radius 1 is 1.36 bits per heavy atom. The Labute approximate surface area is 132 Å². The normalized spacial score (nSPS) is 15.0. The van der Waals surface area contributed by atoms with Crippen molar-refractivity contribution in [1.82, 2.24) is 19.9 Å². The predicted molar refractivity (Wildman–Crippen MR) is 84.4 cm³/mol. The fraction of sp³-hybridized carbons (Fsp3) is 0.312. The first-order valence-electron chi connectivity index (χ1n) is 7.30. The van der Waals surface area contributed by atoms with Gasteiger partial charge in [0, 0.05) is 43.2 Å². The molecule has 5 nitrogen and oxygen atoms in total. The van der Waals surface area contributed by atoms with Crippen molar-refractivity contribution >= 4 is 11.3 Å². The zero-order valence-electron chi connectivity index (χ0n) is 12.3. The van der Waals surface area contributed by atoms with Crippen LogP contribution in [0.4, 0.5) is 0 Å². The molecule has 0 spiro atoms. The van der Waals surface area contributed by atoms with Crippen LogP contribution >= 0.6 is 11.3 Å². The van der Waals surface area contributed by atoms with Crippen molar-refractivity contribution in [1.29, 1.82) is 0 Å². The third-order valence-corrected chi connectivity index (χ3v) is 4.63. The molecule has 0 bridgehead atoms. The maximum absolute atomic E-state index is 5.37. The lowest BCUT2D eigenvalue weighted by molar-refractivity contribution is 0.240. The van der Waals surface area contributed by atoms with Gasteiger partial charge in [-0.15, -0.1) is 11.3 Å². The van der Waals surface area contributed by atoms with Crippen LogP contribution in [0.1, 0.15) is 22.0 Å². The molecule has 0 saturated carbocycles. The Morgan fingerprint density at radius 2 is 2.32 bits per heavy atom. The topological polar surface area (TPSA) is 55.1 Å². The highest BCUT2D eigenvalue weighted by Gasteiger charge is 2.20. The molecule has 4 rings (SSSR count). The molecule has 0 aliphatic carbocycles. The summed E-state index contributed by atoms with van der Waals surface area (Å²) >= 11 is 1.71. The van der Waals surface area contributed by atoms with Crippen LogP contribution in [0.5, 0.6) is 0 Å². The Kier molecular flexibility index (Phi) is 3.48. The van der Waals surface area contributed by atoms with E-state index in [0.717, 1.165) is 48.2 Å². The first-order valence-corrected chi connectivity index (χ1v) is 8.18. The molecule has 1 aliphatic rings. The third kappa shape index (κ3) is 2.67. The molecule has 112 valence electrons. The summed E-state index contributed by atoms with van der Waals surface area (Å²) in [5.74, 6) is 1.40. The smallest absolute Gasteiger partial charge is 0.195 e. The van der Waals surface area contributed by atoms with E-state index in [4.69, 9.17) is 4.42 Å². The number of nitrogens with zero attached hydrogens (tertiary/aromatic N) is 4. The van der Waals surface area contributed by atoms with Crippen LogP contribution in [0.2, 0.25) is 0 Å². The van der Waals surface area contributed by atoms with E-state index in [-0.39, 0.29) is 0 Å². The van der Waals surface area contributed by atoms with Crippen LogP contribution in [0, 0.1) is 6.92 Å². The van der Waals surface area contributed by atoms with Crippen molar-refractivity contribution < 1.29 is 4.42 Å². The number of rotatable bonds is 3. The molecule has 3 aromatic rings. The third-order valence-electron chi connectivity index (χ3n) is 3.81. The highest BCUT2D eigenvalue weighted by molar-refractivity contribution is 7.09. The van der Waals surface area contributed by atoms with Gasteiger partial charge in [-0.25, -0.2) is 15.0 Å². The summed E-state index contributed by atoms with van der Waals surface area (Å²) < 4.78 is 5.37. The van der Waals surface area contributed by atoms with Crippen molar-refractivity contribution in [2.24, 2.45) is 0 Å². The molecule has 0 radical (unpaired) electrons. The number of fused-ring (bicyclic) bond motifs is 1. The maximum Gasteiger partial charge on any atom is 0.195 e. The molecule has 0 atom stereocenters. The SMILES string of the molecule is Cc1nc(CN2CCc3nc(-c4ccco4)ncc3C2)cs1. The molecule has 0 fully saturated rings. The van der Waals surface area contributed by atoms with Gasteiger partial charge in [-0.3, -0.25) is 4.90 Å². The molecule has 0 N–H and O–H groups in total. The van der Waals surface area contributed by atoms with Crippen LogP contribution in [-0.2, 0) is 19.5 Å². The van der Waals surface area contributed by atoms with E-state index >= 15 is 0 Å². The van der Waals surface area contributed by atoms with Gasteiger partial charge in [0.2, 0.25) is 0 Å². The Morgan fingerprint density at radius 3 is 3.09 bits per heavy atom. The largest absolute Gasteiger partial charge is 0.461 e. The van der Waals surface area contributed by atoms with Gasteiger partial charge in [-0.1, -0.05) is 0 Å². The molecule has 0 saturated heterocycles. The minimum absolute atomic E-state index is 0.673. The van der Waals surface area contributed by atoms with Crippen molar-refractivity contribution in [3.8, 4) is 11.6 Å². The van der Waals surface area contributed by atoms with Crippen molar-refractivity contribution in [3.05, 3.63) is 51.9 Å². The number of thiazole rings is 1. The number of furan rings is 1. The number of aryl methyl sites for hydroxylation is 1. The van der Waals surface area contributed by atoms with Crippen LogP contribution in [-0.4, -0.2) is 26.4 Å². The molecule has 0 amide bonds. The van der Waals surface area contributed by atoms with E-state index in [1.54, 1.807) is 17.6 Å². The summed E-state index contributed by atoms with van der Waals surface area (Å²) in [7, 11) is 0. The maximum atomic E-state index is 5.37. The Hall–Kier alpha value is -2.05. The van der Waals surface area contributed by atoms with Gasteiger partial charge in [-0.05, 0) is 19.1 Å². The molecular weight excluding hydrogens is 296 g/mol. The van der Waals surface area contributed by atoms with Crippen LogP contribution in [0.15, 0.2) is 34.4 Å². The second-order valence-corrected chi connectivity index (χ2v) is 6.52. The van der Waals surface area contributed by atoms with Gasteiger partial charge in [-0.2, -0.15) is 0 Å². The van der Waals surface area contributed by atoms with E-state index < -0.39 is 0 Å². The number of aromatic nitrogens is 3. The second kappa shape index (κ2) is 5.62. The van der Waals surface area contributed by atoms with Crippen molar-refractivity contribution in [3.63, 3.8) is 0 Å². The Bertz CT molecular complexity index is 781. The molecular formula is C16H16N4OS. The molecule has 4 heterocycles. The summed E-state index contributed by atoms with van der Waals surface area (Å²) in [5, 5.41) is 3.26. The lowest BCUT2D eigenvalue weighted by Crippen LogP contribution is -2.31. The quantitative estimate of drug-likeness (QED) is 0.744. The van der Waals surface area contributed by atoms with Gasteiger partial charge < -0.3 is 4.42 Å². The summed E-state index contributed by atoms with van der Waals surface area (Å²) in [5.41, 5.74) is 3.49. The van der Waals surface area contributed by atoms with Gasteiger partial charge >= 0.3 is 0 Å². The van der Waals surface area contributed by atoms with Crippen LogP contribution in [0.25, 0.3) is 11.6 Å². The highest BCUT2D eigenvalue weighted by Crippen LogP contribution is 2.22. The van der Waals surface area contributed by atoms with Gasteiger partial charge in [0.25, 0.3) is 0 Å². The molecule has 22 heavy (non-hydrogen) atoms. The minimum Gasteiger partial charge on any atom is -0.461 e. The zero-order valence-corrected chi connectivity index (χ0v) is 13.1. The first-order chi connectivity index (χ1) is 10.8. The highest BCUT2D eigenvalue weighted by atomic mass is 32.1. The minimum atomic E-state index is 0.673. The van der Waals surface area contributed by atoms with Crippen molar-refractivity contribution in [2.45, 2.75) is 26.4 Å². The van der Waals surface area contributed by atoms with Crippen LogP contribution in [0.3, 0.4) is 0 Å². The molecule has 0 aromatic carbocycles. The van der Waals surface area contributed by atoms with Gasteiger partial charge in [0.05, 0.1) is 22.7 Å². The monoisotopic (exact) mass is 312 g/mol. The first kappa shape index (κ1) is 13.6. The van der Waals surface area contributed by atoms with E-state index in [1.165, 1.54) is 5.56 Å². The van der Waals surface area contributed by atoms with Crippen molar-refractivity contribution in [2.75, 3.05) is 6.54 Å². The molecule has 1 aliphatic heterocycles. The summed E-state index contributed by atoms with van der Waals surface area (Å²) in [4.78, 5) is 16.0. The number of hydrogen-bond acceptors (Lipinski definition) is 6. The van der Waals surface area contributed by atoms with Gasteiger partial charge in [0.1, 0.15) is 0 Å². The fourth-order valence-corrected chi connectivity index (χ4v) is 3.35.